The van der Waals surface area contributed by atoms with Crippen LogP contribution in [0, 0.1) is 25.2 Å². The highest BCUT2D eigenvalue weighted by Crippen LogP contribution is 2.26. The van der Waals surface area contributed by atoms with Crippen LogP contribution in [0.3, 0.4) is 0 Å². The first-order chi connectivity index (χ1) is 19.7. The molecule has 0 aliphatic rings. The van der Waals surface area contributed by atoms with E-state index in [2.05, 4.69) is 10.3 Å². The second-order valence-corrected chi connectivity index (χ2v) is 9.57. The Kier molecular flexibility index (Phi) is 7.29. The molecule has 0 fully saturated rings. The van der Waals surface area contributed by atoms with E-state index in [-0.39, 0.29) is 17.1 Å². The maximum atomic E-state index is 13.6. The Bertz CT molecular complexity index is 2000. The third-order valence-corrected chi connectivity index (χ3v) is 6.78. The zero-order chi connectivity index (χ0) is 29.3. The summed E-state index contributed by atoms with van der Waals surface area (Å²) in [5.74, 6) is -0.627. The Morgan fingerprint density at radius 2 is 1.73 bits per heavy atom. The van der Waals surface area contributed by atoms with Crippen molar-refractivity contribution in [3.63, 3.8) is 0 Å². The number of aromatic nitrogens is 4. The average Bonchev–Trinajstić information content (AvgIpc) is 3.18. The van der Waals surface area contributed by atoms with Gasteiger partial charge in [0.2, 0.25) is 5.88 Å². The van der Waals surface area contributed by atoms with E-state index in [0.717, 1.165) is 6.08 Å². The van der Waals surface area contributed by atoms with Gasteiger partial charge in [-0.05, 0) is 68.0 Å². The van der Waals surface area contributed by atoms with Crippen LogP contribution in [0.4, 0.5) is 5.69 Å². The molecule has 5 rings (SSSR count). The lowest BCUT2D eigenvalue weighted by atomic mass is 10.1. The summed E-state index contributed by atoms with van der Waals surface area (Å²) >= 11 is 5.99. The number of ether oxygens (including phenoxy) is 1. The third kappa shape index (κ3) is 5.14. The second kappa shape index (κ2) is 11.0. The van der Waals surface area contributed by atoms with Crippen molar-refractivity contribution >= 4 is 34.9 Å². The van der Waals surface area contributed by atoms with Crippen molar-refractivity contribution in [2.24, 2.45) is 7.05 Å². The fourth-order valence-corrected chi connectivity index (χ4v) is 4.42. The number of hydrogen-bond acceptors (Lipinski definition) is 6. The van der Waals surface area contributed by atoms with E-state index in [1.165, 1.54) is 15.3 Å². The monoisotopic (exact) mass is 566 g/mol. The molecule has 0 bridgehead atoms. The van der Waals surface area contributed by atoms with E-state index in [1.54, 1.807) is 86.2 Å². The molecule has 0 aliphatic carbocycles. The van der Waals surface area contributed by atoms with E-state index in [9.17, 15) is 19.6 Å². The van der Waals surface area contributed by atoms with Gasteiger partial charge < -0.3 is 10.1 Å². The summed E-state index contributed by atoms with van der Waals surface area (Å²) in [5.41, 5.74) is 0.573. The normalized spacial score (nSPS) is 11.3. The lowest BCUT2D eigenvalue weighted by Crippen LogP contribution is -2.24. The Labute approximate surface area is 238 Å². The number of nitrogens with one attached hydrogen (secondary N) is 1. The summed E-state index contributed by atoms with van der Waals surface area (Å²) in [5, 5.41) is 13.0. The van der Waals surface area contributed by atoms with Crippen molar-refractivity contribution < 1.29 is 9.53 Å². The summed E-state index contributed by atoms with van der Waals surface area (Å²) < 4.78 is 10.2. The minimum Gasteiger partial charge on any atom is -0.438 e. The molecular weight excluding hydrogens is 544 g/mol. The number of carbonyl (C=O) groups excluding carboxylic acids is 1. The predicted molar refractivity (Wildman–Crippen MR) is 156 cm³/mol. The molecule has 0 saturated carbocycles. The topological polar surface area (TPSA) is 123 Å². The van der Waals surface area contributed by atoms with E-state index in [0.29, 0.717) is 33.4 Å². The van der Waals surface area contributed by atoms with Gasteiger partial charge in [-0.15, -0.1) is 0 Å². The van der Waals surface area contributed by atoms with Gasteiger partial charge in [-0.1, -0.05) is 35.9 Å². The van der Waals surface area contributed by atoms with Gasteiger partial charge in [0.25, 0.3) is 17.0 Å². The molecule has 10 nitrogen and oxygen atoms in total. The Morgan fingerprint density at radius 1 is 1.02 bits per heavy atom. The number of para-hydroxylation sites is 1. The number of benzene rings is 2. The van der Waals surface area contributed by atoms with E-state index in [1.807, 2.05) is 12.1 Å². The van der Waals surface area contributed by atoms with Gasteiger partial charge >= 0.3 is 0 Å². The second-order valence-electron chi connectivity index (χ2n) is 9.14. The van der Waals surface area contributed by atoms with Crippen LogP contribution in [0.25, 0.3) is 17.4 Å². The molecule has 0 radical (unpaired) electrons. The minimum absolute atomic E-state index is 0.00382. The molecule has 11 heteroatoms. The largest absolute Gasteiger partial charge is 0.438 e. The molecule has 0 spiro atoms. The van der Waals surface area contributed by atoms with Gasteiger partial charge in [0.05, 0.1) is 11.4 Å². The van der Waals surface area contributed by atoms with Crippen LogP contribution in [0.2, 0.25) is 5.02 Å². The van der Waals surface area contributed by atoms with Crippen LogP contribution in [-0.2, 0) is 11.8 Å². The number of nitriles is 1. The molecule has 0 atom stereocenters. The Morgan fingerprint density at radius 3 is 2.41 bits per heavy atom. The number of anilines is 1. The number of aryl methyl sites for hydroxylation is 1. The third-order valence-electron chi connectivity index (χ3n) is 6.52. The van der Waals surface area contributed by atoms with E-state index >= 15 is 0 Å². The first-order valence-electron chi connectivity index (χ1n) is 12.4. The number of pyridine rings is 1. The summed E-state index contributed by atoms with van der Waals surface area (Å²) in [4.78, 5) is 44.7. The molecule has 41 heavy (non-hydrogen) atoms. The molecule has 5 aromatic rings. The number of halogens is 1. The molecule has 1 N–H and O–H groups in total. The molecular formula is C30H23ClN6O4. The minimum atomic E-state index is -0.871. The Balaban J connectivity index is 1.59. The maximum absolute atomic E-state index is 13.6. The first kappa shape index (κ1) is 27.2. The summed E-state index contributed by atoms with van der Waals surface area (Å²) in [7, 11) is 1.68. The zero-order valence-corrected chi connectivity index (χ0v) is 23.0. The van der Waals surface area contributed by atoms with Crippen LogP contribution in [0.5, 0.6) is 11.6 Å². The van der Waals surface area contributed by atoms with Gasteiger partial charge in [-0.2, -0.15) is 10.2 Å². The number of hydrogen-bond donors (Lipinski definition) is 1. The molecule has 2 aromatic carbocycles. The van der Waals surface area contributed by atoms with Gasteiger partial charge in [-0.3, -0.25) is 23.5 Å². The number of fused-ring (bicyclic) bond motifs is 1. The van der Waals surface area contributed by atoms with Gasteiger partial charge in [0.1, 0.15) is 34.3 Å². The van der Waals surface area contributed by atoms with E-state index < -0.39 is 22.6 Å². The zero-order valence-electron chi connectivity index (χ0n) is 22.3. The number of carbonyl (C=O) groups is 1. The Hall–Kier alpha value is -5.40. The van der Waals surface area contributed by atoms with Crippen LogP contribution < -0.4 is 21.2 Å². The quantitative estimate of drug-likeness (QED) is 0.233. The molecule has 0 aliphatic heterocycles. The smallest absolute Gasteiger partial charge is 0.295 e. The highest BCUT2D eigenvalue weighted by molar-refractivity contribution is 6.30. The van der Waals surface area contributed by atoms with Gasteiger partial charge in [0, 0.05) is 18.3 Å². The lowest BCUT2D eigenvalue weighted by Gasteiger charge is -2.11. The number of amides is 1. The van der Waals surface area contributed by atoms with Crippen molar-refractivity contribution in [3.8, 4) is 23.4 Å². The fraction of sp³-hybridized carbons (Fsp3) is 0.100. The summed E-state index contributed by atoms with van der Waals surface area (Å²) in [6.45, 7) is 3.47. The molecule has 1 amide bonds. The number of rotatable bonds is 6. The van der Waals surface area contributed by atoms with Crippen molar-refractivity contribution in [2.45, 2.75) is 13.8 Å². The van der Waals surface area contributed by atoms with Crippen molar-refractivity contribution in [1.82, 2.24) is 18.7 Å². The molecule has 3 heterocycles. The van der Waals surface area contributed by atoms with Gasteiger partial charge in [0.15, 0.2) is 0 Å². The predicted octanol–water partition coefficient (Wildman–Crippen LogP) is 4.79. The van der Waals surface area contributed by atoms with Crippen LogP contribution in [0.15, 0.2) is 88.1 Å². The van der Waals surface area contributed by atoms with E-state index in [4.69, 9.17) is 16.3 Å². The van der Waals surface area contributed by atoms with Crippen molar-refractivity contribution in [1.29, 1.82) is 5.26 Å². The first-order valence-corrected chi connectivity index (χ1v) is 12.8. The summed E-state index contributed by atoms with van der Waals surface area (Å²) in [6, 6.07) is 20.7. The highest BCUT2D eigenvalue weighted by Gasteiger charge is 2.22. The maximum Gasteiger partial charge on any atom is 0.295 e. The SMILES string of the molecule is Cc1cccn2c(=O)c(/C=C(\C#N)C(=O)Nc3c(C)n(C)n(-c4ccccc4)c3=O)c(Oc3ccc(Cl)cc3)nc12. The average molecular weight is 567 g/mol. The van der Waals surface area contributed by atoms with Crippen molar-refractivity contribution in [2.75, 3.05) is 5.32 Å². The van der Waals surface area contributed by atoms with Crippen molar-refractivity contribution in [3.05, 3.63) is 121 Å². The lowest BCUT2D eigenvalue weighted by molar-refractivity contribution is -0.112. The molecule has 3 aromatic heterocycles. The molecule has 0 saturated heterocycles. The highest BCUT2D eigenvalue weighted by atomic mass is 35.5. The number of nitrogens with zero attached hydrogens (tertiary/aromatic N) is 5. The van der Waals surface area contributed by atoms with Gasteiger partial charge in [-0.25, -0.2) is 4.68 Å². The van der Waals surface area contributed by atoms with Crippen LogP contribution in [0.1, 0.15) is 16.8 Å². The molecule has 0 unspecified atom stereocenters. The van der Waals surface area contributed by atoms with Crippen LogP contribution >= 0.6 is 11.6 Å². The fourth-order valence-electron chi connectivity index (χ4n) is 4.29. The standard InChI is InChI=1S/C30H23ClN6O4/c1-18-8-7-15-36-26(18)34-28(41-23-13-11-21(31)12-14-23)24(29(36)39)16-20(17-32)27(38)33-25-19(2)35(3)37(30(25)40)22-9-5-4-6-10-22/h4-16H,1-3H3,(H,33,38)/b20-16+. The summed E-state index contributed by atoms with van der Waals surface area (Å²) in [6.07, 6.45) is 2.64. The van der Waals surface area contributed by atoms with Crippen LogP contribution in [-0.4, -0.2) is 24.7 Å². The molecule has 204 valence electrons.